The Bertz CT molecular complexity index is 495. The normalized spacial score (nSPS) is 22.2. The summed E-state index contributed by atoms with van der Waals surface area (Å²) >= 11 is 0. The minimum absolute atomic E-state index is 0.129. The van der Waals surface area contributed by atoms with Gasteiger partial charge in [0.2, 0.25) is 0 Å². The van der Waals surface area contributed by atoms with Gasteiger partial charge in [-0.25, -0.2) is 9.69 Å². The fourth-order valence-electron chi connectivity index (χ4n) is 2.16. The second-order valence-electron chi connectivity index (χ2n) is 4.08. The standard InChI is InChI=1S/C13H13NO4/c15-8-10-6-7-11(9-4-2-1-3-5-9)14(12(10)16)13(17)18/h1-5,8,11,15H,6-7H2,(H,17,18)/b10-8+. The van der Waals surface area contributed by atoms with E-state index in [2.05, 4.69) is 0 Å². The van der Waals surface area contributed by atoms with Crippen LogP contribution in [-0.4, -0.2) is 27.1 Å². The van der Waals surface area contributed by atoms with Crippen LogP contribution in [0.4, 0.5) is 4.79 Å². The summed E-state index contributed by atoms with van der Waals surface area (Å²) in [6.45, 7) is 0. The van der Waals surface area contributed by atoms with Crippen LogP contribution in [0.15, 0.2) is 42.2 Å². The van der Waals surface area contributed by atoms with Gasteiger partial charge in [0.25, 0.3) is 5.91 Å². The molecule has 2 rings (SSSR count). The van der Waals surface area contributed by atoms with Gasteiger partial charge in [0.15, 0.2) is 0 Å². The molecule has 0 bridgehead atoms. The summed E-state index contributed by atoms with van der Waals surface area (Å²) in [6, 6.07) is 8.54. The van der Waals surface area contributed by atoms with Gasteiger partial charge in [-0.1, -0.05) is 30.3 Å². The van der Waals surface area contributed by atoms with Crippen LogP contribution in [0.5, 0.6) is 0 Å². The zero-order valence-electron chi connectivity index (χ0n) is 9.61. The van der Waals surface area contributed by atoms with Crippen molar-refractivity contribution in [2.45, 2.75) is 18.9 Å². The third-order valence-corrected chi connectivity index (χ3v) is 3.04. The quantitative estimate of drug-likeness (QED) is 0.590. The average Bonchev–Trinajstić information content (AvgIpc) is 2.39. The monoisotopic (exact) mass is 247 g/mol. The summed E-state index contributed by atoms with van der Waals surface area (Å²) in [4.78, 5) is 23.9. The molecule has 5 nitrogen and oxygen atoms in total. The fourth-order valence-corrected chi connectivity index (χ4v) is 2.16. The van der Waals surface area contributed by atoms with E-state index < -0.39 is 18.0 Å². The highest BCUT2D eigenvalue weighted by atomic mass is 16.4. The molecule has 1 atom stereocenters. The van der Waals surface area contributed by atoms with Crippen molar-refractivity contribution in [2.75, 3.05) is 0 Å². The number of carbonyl (C=O) groups excluding carboxylic acids is 1. The number of aliphatic hydroxyl groups excluding tert-OH is 1. The number of likely N-dealkylation sites (tertiary alicyclic amines) is 1. The molecule has 1 fully saturated rings. The third kappa shape index (κ3) is 2.07. The Morgan fingerprint density at radius 1 is 1.33 bits per heavy atom. The number of carbonyl (C=O) groups is 2. The van der Waals surface area contributed by atoms with Gasteiger partial charge in [-0.2, -0.15) is 0 Å². The van der Waals surface area contributed by atoms with Gasteiger partial charge in [0, 0.05) is 0 Å². The van der Waals surface area contributed by atoms with Crippen LogP contribution in [0.2, 0.25) is 0 Å². The maximum absolute atomic E-state index is 11.9. The number of nitrogens with zero attached hydrogens (tertiary/aromatic N) is 1. The maximum atomic E-state index is 11.9. The zero-order chi connectivity index (χ0) is 13.1. The van der Waals surface area contributed by atoms with E-state index in [1.807, 2.05) is 6.07 Å². The number of piperidine rings is 1. The molecule has 1 aromatic rings. The third-order valence-electron chi connectivity index (χ3n) is 3.04. The van der Waals surface area contributed by atoms with Gasteiger partial charge >= 0.3 is 6.09 Å². The lowest BCUT2D eigenvalue weighted by Gasteiger charge is -2.32. The van der Waals surface area contributed by atoms with Crippen LogP contribution in [0.25, 0.3) is 0 Å². The van der Waals surface area contributed by atoms with Crippen LogP contribution < -0.4 is 0 Å². The number of benzene rings is 1. The van der Waals surface area contributed by atoms with E-state index >= 15 is 0 Å². The lowest BCUT2D eigenvalue weighted by atomic mass is 9.93. The van der Waals surface area contributed by atoms with Crippen molar-refractivity contribution in [3.05, 3.63) is 47.7 Å². The van der Waals surface area contributed by atoms with Gasteiger partial charge in [0.1, 0.15) is 0 Å². The topological polar surface area (TPSA) is 77.8 Å². The Labute approximate surface area is 104 Å². The predicted octanol–water partition coefficient (Wildman–Crippen LogP) is 2.47. The first-order chi connectivity index (χ1) is 8.65. The largest absolute Gasteiger partial charge is 0.515 e. The average molecular weight is 247 g/mol. The first-order valence-electron chi connectivity index (χ1n) is 5.60. The molecule has 0 spiro atoms. The van der Waals surface area contributed by atoms with Crippen molar-refractivity contribution in [1.29, 1.82) is 0 Å². The van der Waals surface area contributed by atoms with E-state index in [4.69, 9.17) is 10.2 Å². The zero-order valence-corrected chi connectivity index (χ0v) is 9.61. The van der Waals surface area contributed by atoms with Crippen molar-refractivity contribution >= 4 is 12.0 Å². The van der Waals surface area contributed by atoms with Crippen molar-refractivity contribution in [3.63, 3.8) is 0 Å². The van der Waals surface area contributed by atoms with Crippen molar-refractivity contribution < 1.29 is 19.8 Å². The number of hydrogen-bond donors (Lipinski definition) is 2. The van der Waals surface area contributed by atoms with Crippen LogP contribution >= 0.6 is 0 Å². The van der Waals surface area contributed by atoms with Gasteiger partial charge in [-0.05, 0) is 18.4 Å². The minimum atomic E-state index is -1.30. The summed E-state index contributed by atoms with van der Waals surface area (Å²) < 4.78 is 0. The molecule has 1 aliphatic rings. The van der Waals surface area contributed by atoms with E-state index in [9.17, 15) is 9.59 Å². The number of amides is 2. The molecule has 2 N–H and O–H groups in total. The van der Waals surface area contributed by atoms with Crippen molar-refractivity contribution in [1.82, 2.24) is 4.90 Å². The summed E-state index contributed by atoms with van der Waals surface area (Å²) in [5.41, 5.74) is 0.912. The molecule has 0 saturated carbocycles. The first-order valence-corrected chi connectivity index (χ1v) is 5.60. The van der Waals surface area contributed by atoms with Gasteiger partial charge < -0.3 is 10.2 Å². The Morgan fingerprint density at radius 3 is 2.56 bits per heavy atom. The molecule has 1 heterocycles. The lowest BCUT2D eigenvalue weighted by molar-refractivity contribution is -0.129. The lowest BCUT2D eigenvalue weighted by Crippen LogP contribution is -2.43. The maximum Gasteiger partial charge on any atom is 0.414 e. The highest BCUT2D eigenvalue weighted by molar-refractivity contribution is 6.02. The number of imide groups is 1. The van der Waals surface area contributed by atoms with Gasteiger partial charge in [0.05, 0.1) is 17.9 Å². The Balaban J connectivity index is 2.37. The number of hydrogen-bond acceptors (Lipinski definition) is 3. The highest BCUT2D eigenvalue weighted by Crippen LogP contribution is 2.33. The van der Waals surface area contributed by atoms with Gasteiger partial charge in [-0.3, -0.25) is 4.79 Å². The molecule has 2 amide bonds. The van der Waals surface area contributed by atoms with E-state index in [0.717, 1.165) is 10.5 Å². The SMILES string of the molecule is O=C(O)N1C(=O)/C(=C/O)CCC1c1ccccc1. The molecule has 0 radical (unpaired) electrons. The van der Waals surface area contributed by atoms with E-state index in [1.54, 1.807) is 24.3 Å². The van der Waals surface area contributed by atoms with Crippen LogP contribution in [-0.2, 0) is 4.79 Å². The molecule has 94 valence electrons. The minimum Gasteiger partial charge on any atom is -0.515 e. The van der Waals surface area contributed by atoms with Gasteiger partial charge in [-0.15, -0.1) is 0 Å². The molecule has 1 aliphatic heterocycles. The Hall–Kier alpha value is -2.30. The molecular weight excluding hydrogens is 234 g/mol. The molecule has 5 heteroatoms. The number of aliphatic hydroxyl groups is 1. The summed E-state index contributed by atoms with van der Waals surface area (Å²) in [7, 11) is 0. The second-order valence-corrected chi connectivity index (χ2v) is 4.08. The smallest absolute Gasteiger partial charge is 0.414 e. The fraction of sp³-hybridized carbons (Fsp3) is 0.231. The van der Waals surface area contributed by atoms with Crippen LogP contribution in [0, 0.1) is 0 Å². The Kier molecular flexibility index (Phi) is 3.32. The molecular formula is C13H13NO4. The molecule has 0 aromatic heterocycles. The van der Waals surface area contributed by atoms with E-state index in [0.29, 0.717) is 19.1 Å². The highest BCUT2D eigenvalue weighted by Gasteiger charge is 2.36. The van der Waals surface area contributed by atoms with Crippen molar-refractivity contribution in [3.8, 4) is 0 Å². The number of rotatable bonds is 1. The van der Waals surface area contributed by atoms with E-state index in [-0.39, 0.29) is 5.57 Å². The molecule has 0 aliphatic carbocycles. The summed E-state index contributed by atoms with van der Waals surface area (Å²) in [5.74, 6) is -0.648. The molecule has 1 unspecified atom stereocenters. The van der Waals surface area contributed by atoms with Crippen LogP contribution in [0.1, 0.15) is 24.4 Å². The predicted molar refractivity (Wildman–Crippen MR) is 64.0 cm³/mol. The molecule has 1 saturated heterocycles. The number of carboxylic acid groups (broad SMARTS) is 1. The molecule has 18 heavy (non-hydrogen) atoms. The summed E-state index contributed by atoms with van der Waals surface area (Å²) in [5, 5.41) is 18.1. The summed E-state index contributed by atoms with van der Waals surface area (Å²) in [6.07, 6.45) is 0.250. The second kappa shape index (κ2) is 4.91. The first kappa shape index (κ1) is 12.2. The Morgan fingerprint density at radius 2 is 2.00 bits per heavy atom. The molecule has 1 aromatic carbocycles. The van der Waals surface area contributed by atoms with Crippen molar-refractivity contribution in [2.24, 2.45) is 0 Å². The van der Waals surface area contributed by atoms with E-state index in [1.165, 1.54) is 0 Å². The van der Waals surface area contributed by atoms with Crippen LogP contribution in [0.3, 0.4) is 0 Å².